The average Bonchev–Trinajstić information content (AvgIpc) is 2.04. The van der Waals surface area contributed by atoms with E-state index in [9.17, 15) is 4.79 Å². The van der Waals surface area contributed by atoms with Crippen molar-refractivity contribution in [2.45, 2.75) is 19.9 Å². The lowest BCUT2D eigenvalue weighted by Gasteiger charge is -2.05. The van der Waals surface area contributed by atoms with Crippen LogP contribution in [0, 0.1) is 6.92 Å². The van der Waals surface area contributed by atoms with Crippen LogP contribution in [0.5, 0.6) is 0 Å². The Balaban J connectivity index is 3.03. The van der Waals surface area contributed by atoms with Crippen LogP contribution in [0.3, 0.4) is 0 Å². The van der Waals surface area contributed by atoms with Gasteiger partial charge in [0.1, 0.15) is 5.69 Å². The fraction of sp³-hybridized carbons (Fsp3) is 0.333. The molecule has 64 valence electrons. The fourth-order valence-electron chi connectivity index (χ4n) is 0.959. The number of carbonyl (C=O) groups is 1. The smallest absolute Gasteiger partial charge is 0.197 e. The lowest BCUT2D eigenvalue weighted by molar-refractivity contribution is 0.0962. The number of nitrogens with zero attached hydrogens (tertiary/aromatic N) is 1. The molecule has 0 amide bonds. The van der Waals surface area contributed by atoms with Gasteiger partial charge in [-0.2, -0.15) is 0 Å². The van der Waals surface area contributed by atoms with Crippen LogP contribution in [-0.4, -0.2) is 16.8 Å². The van der Waals surface area contributed by atoms with Gasteiger partial charge in [0.2, 0.25) is 0 Å². The predicted octanol–water partition coefficient (Wildman–Crippen LogP) is 0.920. The Labute approximate surface area is 71.6 Å². The molecule has 3 nitrogen and oxygen atoms in total. The molecule has 0 fully saturated rings. The van der Waals surface area contributed by atoms with E-state index in [4.69, 9.17) is 5.73 Å². The summed E-state index contributed by atoms with van der Waals surface area (Å²) in [5, 5.41) is 0. The topological polar surface area (TPSA) is 56.0 Å². The molecule has 0 saturated carbocycles. The lowest BCUT2D eigenvalue weighted by atomic mass is 10.1. The molecule has 0 aromatic carbocycles. The highest BCUT2D eigenvalue weighted by molar-refractivity contribution is 5.99. The fourth-order valence-corrected chi connectivity index (χ4v) is 0.959. The number of pyridine rings is 1. The van der Waals surface area contributed by atoms with E-state index in [0.29, 0.717) is 5.69 Å². The maximum Gasteiger partial charge on any atom is 0.197 e. The number of hydrogen-bond donors (Lipinski definition) is 1. The van der Waals surface area contributed by atoms with Crippen LogP contribution in [0.15, 0.2) is 18.3 Å². The first-order chi connectivity index (χ1) is 5.63. The largest absolute Gasteiger partial charge is 0.321 e. The lowest BCUT2D eigenvalue weighted by Crippen LogP contribution is -2.28. The summed E-state index contributed by atoms with van der Waals surface area (Å²) in [7, 11) is 0. The number of aromatic nitrogens is 1. The number of rotatable bonds is 2. The standard InChI is InChI=1S/C9H12N2O/c1-6-4-3-5-11-8(6)9(12)7(2)10/h3-5,7H,10H2,1-2H3. The molecule has 1 heterocycles. The number of ketones is 1. The van der Waals surface area contributed by atoms with Crippen LogP contribution in [0.1, 0.15) is 23.0 Å². The molecule has 0 aliphatic carbocycles. The molecule has 3 heteroatoms. The first kappa shape index (κ1) is 8.87. The highest BCUT2D eigenvalue weighted by atomic mass is 16.1. The van der Waals surface area contributed by atoms with Gasteiger partial charge in [-0.3, -0.25) is 9.78 Å². The summed E-state index contributed by atoms with van der Waals surface area (Å²) in [5.41, 5.74) is 6.80. The number of Topliss-reactive ketones (excluding diaryl/α,β-unsaturated/α-hetero) is 1. The molecule has 0 spiro atoms. The maximum atomic E-state index is 11.4. The molecular weight excluding hydrogens is 152 g/mol. The highest BCUT2D eigenvalue weighted by Gasteiger charge is 2.13. The Hall–Kier alpha value is -1.22. The van der Waals surface area contributed by atoms with Gasteiger partial charge in [-0.15, -0.1) is 0 Å². The zero-order valence-corrected chi connectivity index (χ0v) is 7.24. The number of carbonyl (C=O) groups excluding carboxylic acids is 1. The minimum Gasteiger partial charge on any atom is -0.321 e. The van der Waals surface area contributed by atoms with E-state index >= 15 is 0 Å². The average molecular weight is 164 g/mol. The van der Waals surface area contributed by atoms with Crippen LogP contribution >= 0.6 is 0 Å². The van der Waals surface area contributed by atoms with Crippen molar-refractivity contribution in [2.24, 2.45) is 5.73 Å². The zero-order chi connectivity index (χ0) is 9.14. The third-order valence-electron chi connectivity index (χ3n) is 1.66. The molecule has 12 heavy (non-hydrogen) atoms. The van der Waals surface area contributed by atoms with Crippen molar-refractivity contribution in [2.75, 3.05) is 0 Å². The number of nitrogens with two attached hydrogens (primary N) is 1. The summed E-state index contributed by atoms with van der Waals surface area (Å²) < 4.78 is 0. The van der Waals surface area contributed by atoms with Crippen LogP contribution < -0.4 is 5.73 Å². The zero-order valence-electron chi connectivity index (χ0n) is 7.24. The van der Waals surface area contributed by atoms with Crippen molar-refractivity contribution < 1.29 is 4.79 Å². The molecule has 2 N–H and O–H groups in total. The van der Waals surface area contributed by atoms with E-state index in [2.05, 4.69) is 4.98 Å². The first-order valence-electron chi connectivity index (χ1n) is 3.84. The van der Waals surface area contributed by atoms with Crippen molar-refractivity contribution in [3.63, 3.8) is 0 Å². The van der Waals surface area contributed by atoms with E-state index in [0.717, 1.165) is 5.56 Å². The monoisotopic (exact) mass is 164 g/mol. The van der Waals surface area contributed by atoms with E-state index < -0.39 is 6.04 Å². The molecule has 1 atom stereocenters. The summed E-state index contributed by atoms with van der Waals surface area (Å²) in [6.07, 6.45) is 1.60. The van der Waals surface area contributed by atoms with Crippen molar-refractivity contribution in [1.82, 2.24) is 4.98 Å². The van der Waals surface area contributed by atoms with Gasteiger partial charge >= 0.3 is 0 Å². The summed E-state index contributed by atoms with van der Waals surface area (Å²) in [4.78, 5) is 15.3. The number of aryl methyl sites for hydroxylation is 1. The molecule has 0 radical (unpaired) electrons. The Morgan fingerprint density at radius 2 is 2.33 bits per heavy atom. The molecule has 1 rings (SSSR count). The second-order valence-corrected chi connectivity index (χ2v) is 2.82. The summed E-state index contributed by atoms with van der Waals surface area (Å²) in [6.45, 7) is 3.51. The van der Waals surface area contributed by atoms with Crippen molar-refractivity contribution in [1.29, 1.82) is 0 Å². The van der Waals surface area contributed by atoms with Gasteiger partial charge in [0.05, 0.1) is 6.04 Å². The van der Waals surface area contributed by atoms with E-state index in [1.165, 1.54) is 0 Å². The normalized spacial score (nSPS) is 12.6. The molecule has 1 aromatic rings. The van der Waals surface area contributed by atoms with Gasteiger partial charge in [-0.1, -0.05) is 6.07 Å². The van der Waals surface area contributed by atoms with Gasteiger partial charge in [-0.05, 0) is 25.5 Å². The maximum absolute atomic E-state index is 11.4. The minimum absolute atomic E-state index is 0.104. The van der Waals surface area contributed by atoms with Crippen LogP contribution in [0.25, 0.3) is 0 Å². The van der Waals surface area contributed by atoms with Gasteiger partial charge in [-0.25, -0.2) is 0 Å². The van der Waals surface area contributed by atoms with Crippen LogP contribution in [-0.2, 0) is 0 Å². The Morgan fingerprint density at radius 1 is 1.67 bits per heavy atom. The van der Waals surface area contributed by atoms with Crippen LogP contribution in [0.2, 0.25) is 0 Å². The molecule has 0 aliphatic rings. The first-order valence-corrected chi connectivity index (χ1v) is 3.84. The molecular formula is C9H12N2O. The predicted molar refractivity (Wildman–Crippen MR) is 47.0 cm³/mol. The second kappa shape index (κ2) is 3.45. The molecule has 0 saturated heterocycles. The number of hydrogen-bond acceptors (Lipinski definition) is 3. The summed E-state index contributed by atoms with van der Waals surface area (Å²) in [6, 6.07) is 3.18. The SMILES string of the molecule is Cc1cccnc1C(=O)C(C)N. The Kier molecular flexibility index (Phi) is 2.55. The third-order valence-corrected chi connectivity index (χ3v) is 1.66. The highest BCUT2D eigenvalue weighted by Crippen LogP contribution is 2.05. The van der Waals surface area contributed by atoms with Gasteiger partial charge in [0.25, 0.3) is 0 Å². The molecule has 1 unspecified atom stereocenters. The summed E-state index contributed by atoms with van der Waals surface area (Å²) >= 11 is 0. The van der Waals surface area contributed by atoms with E-state index in [1.807, 2.05) is 13.0 Å². The van der Waals surface area contributed by atoms with Gasteiger partial charge in [0, 0.05) is 6.20 Å². The molecule has 1 aromatic heterocycles. The van der Waals surface area contributed by atoms with E-state index in [1.54, 1.807) is 19.2 Å². The molecule has 0 aliphatic heterocycles. The van der Waals surface area contributed by atoms with Gasteiger partial charge in [0.15, 0.2) is 5.78 Å². The third kappa shape index (κ3) is 1.68. The molecule has 0 bridgehead atoms. The van der Waals surface area contributed by atoms with Crippen molar-refractivity contribution in [3.05, 3.63) is 29.6 Å². The van der Waals surface area contributed by atoms with Gasteiger partial charge < -0.3 is 5.73 Å². The second-order valence-electron chi connectivity index (χ2n) is 2.82. The quantitative estimate of drug-likeness (QED) is 0.661. The summed E-state index contributed by atoms with van der Waals surface area (Å²) in [5.74, 6) is -0.104. The van der Waals surface area contributed by atoms with Crippen LogP contribution in [0.4, 0.5) is 0 Å². The van der Waals surface area contributed by atoms with E-state index in [-0.39, 0.29) is 5.78 Å². The minimum atomic E-state index is -0.474. The Bertz CT molecular complexity index is 294. The Morgan fingerprint density at radius 3 is 2.83 bits per heavy atom. The van der Waals surface area contributed by atoms with Crippen molar-refractivity contribution >= 4 is 5.78 Å². The van der Waals surface area contributed by atoms with Crippen molar-refractivity contribution in [3.8, 4) is 0 Å².